The summed E-state index contributed by atoms with van der Waals surface area (Å²) >= 11 is 0. The molecule has 0 radical (unpaired) electrons. The van der Waals surface area contributed by atoms with Gasteiger partial charge in [-0.05, 0) is 38.0 Å². The summed E-state index contributed by atoms with van der Waals surface area (Å²) in [6.07, 6.45) is 2.21. The van der Waals surface area contributed by atoms with Crippen molar-refractivity contribution >= 4 is 10.0 Å². The van der Waals surface area contributed by atoms with Crippen LogP contribution in [-0.4, -0.2) is 42.8 Å². The highest BCUT2D eigenvalue weighted by Gasteiger charge is 2.35. The Morgan fingerprint density at radius 3 is 2.47 bits per heavy atom. The Bertz CT molecular complexity index is 329. The minimum absolute atomic E-state index is 0.0673. The lowest BCUT2D eigenvalue weighted by Crippen LogP contribution is -2.49. The molecule has 1 rings (SSSR count). The first-order valence-electron chi connectivity index (χ1n) is 6.49. The second-order valence-electron chi connectivity index (χ2n) is 5.38. The van der Waals surface area contributed by atoms with Gasteiger partial charge in [0.15, 0.2) is 0 Å². The first kappa shape index (κ1) is 14.9. The maximum absolute atomic E-state index is 12.2. The molecule has 0 aromatic carbocycles. The first-order valence-corrected chi connectivity index (χ1v) is 8.09. The van der Waals surface area contributed by atoms with Crippen LogP contribution in [0.15, 0.2) is 0 Å². The average Bonchev–Trinajstić information content (AvgIpc) is 2.23. The molecule has 0 aliphatic carbocycles. The fourth-order valence-electron chi connectivity index (χ4n) is 2.54. The standard InChI is InChI=1S/C12H25NO3S/c1-10-8-11(2)12(3)13(9-10)17(15,16)7-5-4-6-14/h10-12,14H,4-9H2,1-3H3. The van der Waals surface area contributed by atoms with Crippen LogP contribution in [-0.2, 0) is 10.0 Å². The Labute approximate surface area is 105 Å². The molecule has 4 nitrogen and oxygen atoms in total. The van der Waals surface area contributed by atoms with E-state index in [4.69, 9.17) is 5.11 Å². The summed E-state index contributed by atoms with van der Waals surface area (Å²) in [5.41, 5.74) is 0. The van der Waals surface area contributed by atoms with Gasteiger partial charge in [0.1, 0.15) is 0 Å². The maximum Gasteiger partial charge on any atom is 0.214 e. The highest BCUT2D eigenvalue weighted by molar-refractivity contribution is 7.89. The van der Waals surface area contributed by atoms with Crippen LogP contribution in [0, 0.1) is 11.8 Å². The van der Waals surface area contributed by atoms with Crippen molar-refractivity contribution in [3.05, 3.63) is 0 Å². The molecule has 102 valence electrons. The second-order valence-corrected chi connectivity index (χ2v) is 7.42. The molecular formula is C12H25NO3S. The fourth-order valence-corrected chi connectivity index (χ4v) is 4.54. The molecule has 1 heterocycles. The zero-order valence-corrected chi connectivity index (χ0v) is 11.9. The van der Waals surface area contributed by atoms with Crippen molar-refractivity contribution < 1.29 is 13.5 Å². The molecule has 3 unspecified atom stereocenters. The lowest BCUT2D eigenvalue weighted by atomic mass is 9.88. The summed E-state index contributed by atoms with van der Waals surface area (Å²) in [7, 11) is -3.15. The van der Waals surface area contributed by atoms with Crippen LogP contribution in [0.25, 0.3) is 0 Å². The molecule has 1 saturated heterocycles. The van der Waals surface area contributed by atoms with Gasteiger partial charge in [-0.3, -0.25) is 0 Å². The summed E-state index contributed by atoms with van der Waals surface area (Å²) in [6.45, 7) is 6.94. The molecule has 1 N–H and O–H groups in total. The minimum atomic E-state index is -3.15. The van der Waals surface area contributed by atoms with Gasteiger partial charge in [0, 0.05) is 19.2 Å². The topological polar surface area (TPSA) is 57.6 Å². The van der Waals surface area contributed by atoms with E-state index in [2.05, 4.69) is 13.8 Å². The molecular weight excluding hydrogens is 238 g/mol. The predicted molar refractivity (Wildman–Crippen MR) is 69.2 cm³/mol. The Morgan fingerprint density at radius 1 is 1.24 bits per heavy atom. The van der Waals surface area contributed by atoms with Gasteiger partial charge in [-0.2, -0.15) is 4.31 Å². The van der Waals surface area contributed by atoms with Crippen molar-refractivity contribution in [1.82, 2.24) is 4.31 Å². The van der Waals surface area contributed by atoms with Crippen molar-refractivity contribution in [2.75, 3.05) is 18.9 Å². The predicted octanol–water partition coefficient (Wildman–Crippen LogP) is 1.46. The van der Waals surface area contributed by atoms with E-state index in [0.29, 0.717) is 31.2 Å². The highest BCUT2D eigenvalue weighted by Crippen LogP contribution is 2.29. The molecule has 0 saturated carbocycles. The number of sulfonamides is 1. The third-order valence-corrected chi connectivity index (χ3v) is 5.71. The summed E-state index contributed by atoms with van der Waals surface area (Å²) < 4.78 is 26.1. The summed E-state index contributed by atoms with van der Waals surface area (Å²) in [5, 5.41) is 8.70. The van der Waals surface area contributed by atoms with Crippen LogP contribution in [0.5, 0.6) is 0 Å². The van der Waals surface area contributed by atoms with E-state index in [1.54, 1.807) is 4.31 Å². The van der Waals surface area contributed by atoms with E-state index in [0.717, 1.165) is 6.42 Å². The van der Waals surface area contributed by atoms with Gasteiger partial charge in [0.05, 0.1) is 5.75 Å². The van der Waals surface area contributed by atoms with Crippen LogP contribution in [0.2, 0.25) is 0 Å². The largest absolute Gasteiger partial charge is 0.396 e. The van der Waals surface area contributed by atoms with Crippen molar-refractivity contribution in [1.29, 1.82) is 0 Å². The number of rotatable bonds is 5. The Kier molecular flexibility index (Phi) is 5.41. The van der Waals surface area contributed by atoms with Crippen molar-refractivity contribution in [2.24, 2.45) is 11.8 Å². The number of aliphatic hydroxyl groups excluding tert-OH is 1. The first-order chi connectivity index (χ1) is 7.88. The van der Waals surface area contributed by atoms with Crippen LogP contribution in [0.4, 0.5) is 0 Å². The summed E-state index contributed by atoms with van der Waals surface area (Å²) in [5.74, 6) is 1.03. The number of unbranched alkanes of at least 4 members (excludes halogenated alkanes) is 1. The van der Waals surface area contributed by atoms with Crippen LogP contribution < -0.4 is 0 Å². The third-order valence-electron chi connectivity index (χ3n) is 3.71. The number of hydrogen-bond acceptors (Lipinski definition) is 3. The van der Waals surface area contributed by atoms with E-state index in [9.17, 15) is 8.42 Å². The molecule has 0 spiro atoms. The number of hydrogen-bond donors (Lipinski definition) is 1. The van der Waals surface area contributed by atoms with Gasteiger partial charge in [0.2, 0.25) is 10.0 Å². The Balaban J connectivity index is 2.68. The van der Waals surface area contributed by atoms with Crippen LogP contribution >= 0.6 is 0 Å². The molecule has 1 aliphatic rings. The smallest absolute Gasteiger partial charge is 0.214 e. The van der Waals surface area contributed by atoms with E-state index < -0.39 is 10.0 Å². The molecule has 1 fully saturated rings. The average molecular weight is 263 g/mol. The zero-order chi connectivity index (χ0) is 13.1. The lowest BCUT2D eigenvalue weighted by Gasteiger charge is -2.40. The third kappa shape index (κ3) is 3.93. The molecule has 0 aromatic rings. The normalized spacial score (nSPS) is 31.6. The quantitative estimate of drug-likeness (QED) is 0.764. The molecule has 3 atom stereocenters. The number of piperidine rings is 1. The van der Waals surface area contributed by atoms with Crippen LogP contribution in [0.1, 0.15) is 40.0 Å². The molecule has 1 aliphatic heterocycles. The summed E-state index contributed by atoms with van der Waals surface area (Å²) in [4.78, 5) is 0. The van der Waals surface area contributed by atoms with E-state index in [-0.39, 0.29) is 18.4 Å². The SMILES string of the molecule is CC1CC(C)C(C)N(S(=O)(=O)CCCCO)C1. The fraction of sp³-hybridized carbons (Fsp3) is 1.00. The number of aliphatic hydroxyl groups is 1. The zero-order valence-electron chi connectivity index (χ0n) is 11.1. The summed E-state index contributed by atoms with van der Waals surface area (Å²) in [6, 6.07) is 0.102. The maximum atomic E-state index is 12.2. The Morgan fingerprint density at radius 2 is 1.88 bits per heavy atom. The monoisotopic (exact) mass is 263 g/mol. The van der Waals surface area contributed by atoms with Gasteiger partial charge < -0.3 is 5.11 Å². The van der Waals surface area contributed by atoms with Crippen LogP contribution in [0.3, 0.4) is 0 Å². The minimum Gasteiger partial charge on any atom is -0.396 e. The van der Waals surface area contributed by atoms with Crippen molar-refractivity contribution in [2.45, 2.75) is 46.1 Å². The highest BCUT2D eigenvalue weighted by atomic mass is 32.2. The lowest BCUT2D eigenvalue weighted by molar-refractivity contribution is 0.157. The second kappa shape index (κ2) is 6.16. The van der Waals surface area contributed by atoms with Crippen molar-refractivity contribution in [3.8, 4) is 0 Å². The molecule has 17 heavy (non-hydrogen) atoms. The van der Waals surface area contributed by atoms with E-state index in [1.807, 2.05) is 6.92 Å². The van der Waals surface area contributed by atoms with Gasteiger partial charge >= 0.3 is 0 Å². The molecule has 0 bridgehead atoms. The van der Waals surface area contributed by atoms with E-state index in [1.165, 1.54) is 0 Å². The molecule has 0 aromatic heterocycles. The number of nitrogens with zero attached hydrogens (tertiary/aromatic N) is 1. The van der Waals surface area contributed by atoms with Gasteiger partial charge in [-0.15, -0.1) is 0 Å². The van der Waals surface area contributed by atoms with Gasteiger partial charge in [0.25, 0.3) is 0 Å². The van der Waals surface area contributed by atoms with Gasteiger partial charge in [-0.25, -0.2) is 8.42 Å². The van der Waals surface area contributed by atoms with E-state index >= 15 is 0 Å². The molecule has 0 amide bonds. The Hall–Kier alpha value is -0.130. The molecule has 5 heteroatoms. The van der Waals surface area contributed by atoms with Gasteiger partial charge in [-0.1, -0.05) is 13.8 Å². The van der Waals surface area contributed by atoms with Crippen molar-refractivity contribution in [3.63, 3.8) is 0 Å².